The number of carbonyl (C=O) groups excluding carboxylic acids is 4. The van der Waals surface area contributed by atoms with Gasteiger partial charge in [0.05, 0.1) is 42.7 Å². The third kappa shape index (κ3) is 17.0. The second-order valence-electron chi connectivity index (χ2n) is 16.1. The molecule has 0 aromatic carbocycles. The summed E-state index contributed by atoms with van der Waals surface area (Å²) in [5.41, 5.74) is -3.89. The molecule has 304 valence electrons. The lowest BCUT2D eigenvalue weighted by atomic mass is 9.65. The van der Waals surface area contributed by atoms with Crippen LogP contribution < -0.4 is 5.32 Å². The molecule has 4 atom stereocenters. The number of amides is 1. The quantitative estimate of drug-likeness (QED) is 0.0312. The van der Waals surface area contributed by atoms with Crippen molar-refractivity contribution < 1.29 is 62.0 Å². The van der Waals surface area contributed by atoms with E-state index in [0.717, 1.165) is 18.9 Å². The van der Waals surface area contributed by atoms with Crippen LogP contribution in [0.2, 0.25) is 32.2 Å². The largest absolute Gasteiger partial charge is 0.463 e. The molecule has 0 aromatic rings. The van der Waals surface area contributed by atoms with Crippen LogP contribution in [0.4, 0.5) is 0 Å². The molecular formula is C35H68N2O13Si2. The molecule has 1 saturated heterocycles. The highest BCUT2D eigenvalue weighted by atomic mass is 28.4. The molecule has 0 spiro atoms. The zero-order chi connectivity index (χ0) is 39.8. The monoisotopic (exact) mass is 780 g/mol. The zero-order valence-electron chi connectivity index (χ0n) is 33.3. The number of ether oxygens (including phenoxy) is 4. The predicted octanol–water partition coefficient (Wildman–Crippen LogP) is 2.71. The number of hydrogen-bond donors (Lipinski definition) is 4. The number of carbonyl (C=O) groups is 4. The van der Waals surface area contributed by atoms with Crippen LogP contribution >= 0.6 is 0 Å². The Kier molecular flexibility index (Phi) is 20.1. The molecule has 1 heterocycles. The minimum atomic E-state index is -2.10. The first-order valence-corrected chi connectivity index (χ1v) is 24.3. The van der Waals surface area contributed by atoms with E-state index in [4.69, 9.17) is 27.5 Å². The molecule has 0 radical (unpaired) electrons. The number of aliphatic hydroxyl groups is 3. The zero-order valence-corrected chi connectivity index (χ0v) is 35.3. The first-order valence-electron chi connectivity index (χ1n) is 18.4. The highest BCUT2D eigenvalue weighted by Crippen LogP contribution is 2.46. The van der Waals surface area contributed by atoms with Gasteiger partial charge in [0.25, 0.3) is 0 Å². The minimum absolute atomic E-state index is 0.00813. The van der Waals surface area contributed by atoms with Crippen molar-refractivity contribution in [1.29, 1.82) is 0 Å². The Morgan fingerprint density at radius 3 is 2.10 bits per heavy atom. The van der Waals surface area contributed by atoms with E-state index < -0.39 is 76.5 Å². The SMILES string of the molecule is CCC(C)(CC(C)(CC(C)(C)C(=O)OCC(O)COCNCCC[Si](C)(C)O[Si](C)(C)OC)C(=O)OCC(O)CO)C(=O)OCCN1CCCC1=O. The minimum Gasteiger partial charge on any atom is -0.463 e. The summed E-state index contributed by atoms with van der Waals surface area (Å²) in [4.78, 5) is 53.9. The number of nitrogens with one attached hydrogen (secondary N) is 1. The average molecular weight is 781 g/mol. The maximum absolute atomic E-state index is 13.6. The van der Waals surface area contributed by atoms with Crippen LogP contribution in [-0.2, 0) is 46.7 Å². The summed E-state index contributed by atoms with van der Waals surface area (Å²) < 4.78 is 33.7. The van der Waals surface area contributed by atoms with Crippen LogP contribution in [0.1, 0.15) is 73.1 Å². The van der Waals surface area contributed by atoms with Crippen molar-refractivity contribution in [3.05, 3.63) is 0 Å². The van der Waals surface area contributed by atoms with Gasteiger partial charge in [-0.1, -0.05) is 6.92 Å². The first kappa shape index (κ1) is 48.1. The van der Waals surface area contributed by atoms with Gasteiger partial charge in [-0.25, -0.2) is 0 Å². The van der Waals surface area contributed by atoms with Crippen LogP contribution in [0, 0.1) is 16.2 Å². The number of esters is 3. The van der Waals surface area contributed by atoms with E-state index in [1.165, 1.54) is 0 Å². The van der Waals surface area contributed by atoms with E-state index >= 15 is 0 Å². The maximum atomic E-state index is 13.6. The summed E-state index contributed by atoms with van der Waals surface area (Å²) in [6.07, 6.45) is -0.125. The Morgan fingerprint density at radius 2 is 1.52 bits per heavy atom. The standard InChI is InChI=1S/C35H68N2O13Si2/c1-11-34(4,31(43)47-18-17-37-16-12-14-29(37)41)25-35(5,32(44)49-22-27(39)20-38)24-33(2,3)30(42)48-23-28(40)21-46-26-36-15-13-19-51(7,8)50-52(9,10)45-6/h27-28,36,38-40H,11-26H2,1-10H3. The smallest absolute Gasteiger partial charge is 0.321 e. The van der Waals surface area contributed by atoms with Gasteiger partial charge in [0.1, 0.15) is 32.0 Å². The Balaban J connectivity index is 2.76. The van der Waals surface area contributed by atoms with Crippen LogP contribution in [-0.4, -0.2) is 140 Å². The van der Waals surface area contributed by atoms with Crippen LogP contribution in [0.3, 0.4) is 0 Å². The van der Waals surface area contributed by atoms with Crippen molar-refractivity contribution in [3.8, 4) is 0 Å². The van der Waals surface area contributed by atoms with Gasteiger partial charge in [-0.2, -0.15) is 0 Å². The number of rotatable bonds is 27. The van der Waals surface area contributed by atoms with Crippen LogP contribution in [0.5, 0.6) is 0 Å². The van der Waals surface area contributed by atoms with Gasteiger partial charge in [0.15, 0.2) is 8.32 Å². The van der Waals surface area contributed by atoms with Gasteiger partial charge >= 0.3 is 26.5 Å². The number of aliphatic hydroxyl groups excluding tert-OH is 3. The normalized spacial score (nSPS) is 17.6. The molecule has 1 rings (SSSR count). The molecular weight excluding hydrogens is 713 g/mol. The summed E-state index contributed by atoms with van der Waals surface area (Å²) in [7, 11) is -2.26. The van der Waals surface area contributed by atoms with E-state index in [1.54, 1.807) is 46.6 Å². The van der Waals surface area contributed by atoms with Gasteiger partial charge in [0.2, 0.25) is 5.91 Å². The molecule has 1 aliphatic rings. The Hall–Kier alpha value is -1.97. The fourth-order valence-corrected chi connectivity index (χ4v) is 13.5. The van der Waals surface area contributed by atoms with Crippen molar-refractivity contribution in [3.63, 3.8) is 0 Å². The molecule has 17 heteroatoms. The first-order chi connectivity index (χ1) is 24.0. The molecule has 0 saturated carbocycles. The average Bonchev–Trinajstić information content (AvgIpc) is 3.48. The second-order valence-corrected chi connectivity index (χ2v) is 24.1. The number of nitrogens with zero attached hydrogens (tertiary/aromatic N) is 1. The topological polar surface area (TPSA) is 200 Å². The third-order valence-electron chi connectivity index (χ3n) is 9.38. The maximum Gasteiger partial charge on any atom is 0.321 e. The fraction of sp³-hybridized carbons (Fsp3) is 0.886. The summed E-state index contributed by atoms with van der Waals surface area (Å²) in [5.74, 6) is -1.98. The summed E-state index contributed by atoms with van der Waals surface area (Å²) >= 11 is 0. The van der Waals surface area contributed by atoms with Crippen molar-refractivity contribution in [2.45, 2.75) is 118 Å². The molecule has 1 amide bonds. The predicted molar refractivity (Wildman–Crippen MR) is 199 cm³/mol. The van der Waals surface area contributed by atoms with Crippen molar-refractivity contribution in [1.82, 2.24) is 10.2 Å². The van der Waals surface area contributed by atoms with E-state index in [-0.39, 0.29) is 51.8 Å². The third-order valence-corrected chi connectivity index (χ3v) is 16.1. The number of likely N-dealkylation sites (tertiary alicyclic amines) is 1. The van der Waals surface area contributed by atoms with Crippen molar-refractivity contribution >= 4 is 40.7 Å². The number of hydrogen-bond acceptors (Lipinski definition) is 14. The fourth-order valence-electron chi connectivity index (χ4n) is 6.37. The molecule has 15 nitrogen and oxygen atoms in total. The molecule has 52 heavy (non-hydrogen) atoms. The van der Waals surface area contributed by atoms with E-state index in [1.807, 2.05) is 13.1 Å². The van der Waals surface area contributed by atoms with Crippen molar-refractivity contribution in [2.75, 3.05) is 66.5 Å². The second kappa shape index (κ2) is 21.8. The summed E-state index contributed by atoms with van der Waals surface area (Å²) in [6.45, 7) is 17.0. The van der Waals surface area contributed by atoms with Gasteiger partial charge in [0, 0.05) is 20.1 Å². The highest BCUT2D eigenvalue weighted by Gasteiger charge is 2.50. The van der Waals surface area contributed by atoms with Gasteiger partial charge < -0.3 is 47.7 Å². The van der Waals surface area contributed by atoms with Crippen LogP contribution in [0.15, 0.2) is 0 Å². The van der Waals surface area contributed by atoms with E-state index in [9.17, 15) is 34.5 Å². The molecule has 4 unspecified atom stereocenters. The molecule has 0 aliphatic carbocycles. The summed E-state index contributed by atoms with van der Waals surface area (Å²) in [5, 5.41) is 32.7. The Bertz CT molecular complexity index is 1140. The lowest BCUT2D eigenvalue weighted by Crippen LogP contribution is -2.46. The lowest BCUT2D eigenvalue weighted by molar-refractivity contribution is -0.172. The Morgan fingerprint density at radius 1 is 0.904 bits per heavy atom. The van der Waals surface area contributed by atoms with Gasteiger partial charge in [-0.15, -0.1) is 0 Å². The molecule has 1 fully saturated rings. The summed E-state index contributed by atoms with van der Waals surface area (Å²) in [6, 6.07) is 0.958. The molecule has 0 aromatic heterocycles. The van der Waals surface area contributed by atoms with Crippen LogP contribution in [0.25, 0.3) is 0 Å². The van der Waals surface area contributed by atoms with Crippen molar-refractivity contribution in [2.24, 2.45) is 16.2 Å². The van der Waals surface area contributed by atoms with E-state index in [0.29, 0.717) is 25.9 Å². The Labute approximate surface area is 312 Å². The molecule has 0 bridgehead atoms. The van der Waals surface area contributed by atoms with Gasteiger partial charge in [-0.3, -0.25) is 24.5 Å². The van der Waals surface area contributed by atoms with E-state index in [2.05, 4.69) is 18.4 Å². The highest BCUT2D eigenvalue weighted by molar-refractivity contribution is 6.82. The molecule has 1 aliphatic heterocycles. The van der Waals surface area contributed by atoms with Gasteiger partial charge in [-0.05, 0) is 98.6 Å². The molecule has 4 N–H and O–H groups in total. The lowest BCUT2D eigenvalue weighted by Gasteiger charge is -2.39.